The number of aliphatic hydroxyl groups is 1. The first-order valence-corrected chi connectivity index (χ1v) is 7.34. The first-order valence-electron chi connectivity index (χ1n) is 7.34. The Balaban J connectivity index is 2.28. The minimum atomic E-state index is -0.349. The summed E-state index contributed by atoms with van der Waals surface area (Å²) >= 11 is 0. The van der Waals surface area contributed by atoms with Crippen molar-refractivity contribution in [2.75, 3.05) is 19.6 Å². The van der Waals surface area contributed by atoms with Crippen molar-refractivity contribution in [3.05, 3.63) is 0 Å². The molecule has 0 aromatic heterocycles. The number of aliphatic hydroxyl groups excluding tert-OH is 1. The smallest absolute Gasteiger partial charge is 0.234 e. The van der Waals surface area contributed by atoms with Crippen LogP contribution in [0.15, 0.2) is 0 Å². The molecule has 1 heterocycles. The van der Waals surface area contributed by atoms with Crippen molar-refractivity contribution >= 4 is 5.91 Å². The average Bonchev–Trinajstić information content (AvgIpc) is 2.35. The third-order valence-corrected chi connectivity index (χ3v) is 3.67. The van der Waals surface area contributed by atoms with Crippen molar-refractivity contribution in [2.24, 2.45) is 0 Å². The van der Waals surface area contributed by atoms with E-state index in [1.54, 1.807) is 0 Å². The highest BCUT2D eigenvalue weighted by Gasteiger charge is 2.27. The molecule has 0 spiro atoms. The van der Waals surface area contributed by atoms with Gasteiger partial charge in [0, 0.05) is 12.6 Å². The molecule has 2 atom stereocenters. The zero-order valence-corrected chi connectivity index (χ0v) is 11.8. The number of likely N-dealkylation sites (tertiary alicyclic amines) is 1. The van der Waals surface area contributed by atoms with E-state index in [0.717, 1.165) is 38.8 Å². The Morgan fingerprint density at radius 1 is 1.44 bits per heavy atom. The van der Waals surface area contributed by atoms with E-state index in [2.05, 4.69) is 17.1 Å². The second kappa shape index (κ2) is 8.48. The fraction of sp³-hybridized carbons (Fsp3) is 0.929. The summed E-state index contributed by atoms with van der Waals surface area (Å²) < 4.78 is 0. The van der Waals surface area contributed by atoms with E-state index >= 15 is 0 Å². The molecule has 4 heteroatoms. The lowest BCUT2D eigenvalue weighted by Gasteiger charge is -2.36. The molecule has 4 nitrogen and oxygen atoms in total. The molecule has 2 unspecified atom stereocenters. The molecule has 0 aromatic carbocycles. The quantitative estimate of drug-likeness (QED) is 0.679. The van der Waals surface area contributed by atoms with Crippen LogP contribution >= 0.6 is 0 Å². The van der Waals surface area contributed by atoms with E-state index in [0.29, 0.717) is 6.54 Å². The van der Waals surface area contributed by atoms with Gasteiger partial charge in [0.2, 0.25) is 5.91 Å². The topological polar surface area (TPSA) is 52.6 Å². The zero-order chi connectivity index (χ0) is 13.4. The number of carbonyl (C=O) groups excluding carboxylic acids is 1. The van der Waals surface area contributed by atoms with Gasteiger partial charge in [-0.2, -0.15) is 0 Å². The first kappa shape index (κ1) is 15.4. The summed E-state index contributed by atoms with van der Waals surface area (Å²) in [7, 11) is 0. The van der Waals surface area contributed by atoms with Crippen LogP contribution in [-0.4, -0.2) is 47.7 Å². The normalized spacial score (nSPS) is 22.7. The van der Waals surface area contributed by atoms with Crippen LogP contribution in [0.1, 0.15) is 52.4 Å². The molecule has 1 aliphatic heterocycles. The third-order valence-electron chi connectivity index (χ3n) is 3.67. The summed E-state index contributed by atoms with van der Waals surface area (Å²) in [6.45, 7) is 6.12. The summed E-state index contributed by atoms with van der Waals surface area (Å²) in [6, 6.07) is 0.153. The third kappa shape index (κ3) is 5.36. The molecule has 2 N–H and O–H groups in total. The van der Waals surface area contributed by atoms with Gasteiger partial charge >= 0.3 is 0 Å². The molecule has 0 saturated carbocycles. The lowest BCUT2D eigenvalue weighted by Crippen LogP contribution is -2.49. The van der Waals surface area contributed by atoms with E-state index in [1.165, 1.54) is 12.8 Å². The Morgan fingerprint density at radius 2 is 2.22 bits per heavy atom. The van der Waals surface area contributed by atoms with Crippen LogP contribution in [0.25, 0.3) is 0 Å². The first-order chi connectivity index (χ1) is 8.65. The number of amides is 1. The maximum atomic E-state index is 11.8. The Kier molecular flexibility index (Phi) is 7.28. The summed E-state index contributed by atoms with van der Waals surface area (Å²) in [4.78, 5) is 13.9. The highest BCUT2D eigenvalue weighted by Crippen LogP contribution is 2.19. The molecule has 106 valence electrons. The van der Waals surface area contributed by atoms with Gasteiger partial charge in [-0.1, -0.05) is 26.2 Å². The molecule has 1 aliphatic rings. The molecule has 1 rings (SSSR count). The van der Waals surface area contributed by atoms with Crippen LogP contribution < -0.4 is 5.32 Å². The van der Waals surface area contributed by atoms with Gasteiger partial charge in [-0.15, -0.1) is 0 Å². The molecular weight excluding hydrogens is 228 g/mol. The number of hydrogen-bond donors (Lipinski definition) is 2. The van der Waals surface area contributed by atoms with Crippen molar-refractivity contribution in [2.45, 2.75) is 64.5 Å². The van der Waals surface area contributed by atoms with E-state index in [1.807, 2.05) is 6.92 Å². The summed E-state index contributed by atoms with van der Waals surface area (Å²) in [6.07, 6.45) is 6.34. The van der Waals surface area contributed by atoms with Crippen LogP contribution in [0.5, 0.6) is 0 Å². The SMILES string of the molecule is CCCCCNC(=O)CN1CCCCC1C(C)O. The minimum absolute atomic E-state index is 0.0960. The monoisotopic (exact) mass is 256 g/mol. The maximum absolute atomic E-state index is 11.8. The van der Waals surface area contributed by atoms with Gasteiger partial charge in [0.25, 0.3) is 0 Å². The number of nitrogens with one attached hydrogen (secondary N) is 1. The summed E-state index contributed by atoms with van der Waals surface area (Å²) in [5.41, 5.74) is 0. The van der Waals surface area contributed by atoms with Crippen LogP contribution in [0.4, 0.5) is 0 Å². The molecule has 1 saturated heterocycles. The van der Waals surface area contributed by atoms with E-state index < -0.39 is 0 Å². The van der Waals surface area contributed by atoms with E-state index in [-0.39, 0.29) is 18.1 Å². The Bertz CT molecular complexity index is 244. The molecule has 1 amide bonds. The molecule has 1 fully saturated rings. The van der Waals surface area contributed by atoms with Gasteiger partial charge in [-0.3, -0.25) is 9.69 Å². The van der Waals surface area contributed by atoms with Crippen molar-refractivity contribution in [1.82, 2.24) is 10.2 Å². The number of nitrogens with zero attached hydrogens (tertiary/aromatic N) is 1. The Morgan fingerprint density at radius 3 is 2.89 bits per heavy atom. The highest BCUT2D eigenvalue weighted by molar-refractivity contribution is 5.78. The fourth-order valence-electron chi connectivity index (χ4n) is 2.60. The number of unbranched alkanes of at least 4 members (excludes halogenated alkanes) is 2. The van der Waals surface area contributed by atoms with Crippen LogP contribution in [0, 0.1) is 0 Å². The van der Waals surface area contributed by atoms with Crippen LogP contribution in [0.2, 0.25) is 0 Å². The Labute approximate surface area is 111 Å². The van der Waals surface area contributed by atoms with Gasteiger partial charge in [-0.25, -0.2) is 0 Å². The minimum Gasteiger partial charge on any atom is -0.392 e. The maximum Gasteiger partial charge on any atom is 0.234 e. The lowest BCUT2D eigenvalue weighted by molar-refractivity contribution is -0.123. The van der Waals surface area contributed by atoms with Gasteiger partial charge < -0.3 is 10.4 Å². The molecule has 0 aliphatic carbocycles. The van der Waals surface area contributed by atoms with Gasteiger partial charge in [0.05, 0.1) is 12.6 Å². The molecule has 0 aromatic rings. The van der Waals surface area contributed by atoms with E-state index in [9.17, 15) is 9.90 Å². The fourth-order valence-corrected chi connectivity index (χ4v) is 2.60. The Hall–Kier alpha value is -0.610. The van der Waals surface area contributed by atoms with E-state index in [4.69, 9.17) is 0 Å². The van der Waals surface area contributed by atoms with Gasteiger partial charge in [-0.05, 0) is 32.7 Å². The van der Waals surface area contributed by atoms with Gasteiger partial charge in [0.15, 0.2) is 0 Å². The summed E-state index contributed by atoms with van der Waals surface area (Å²) in [5.74, 6) is 0.0960. The number of carbonyl (C=O) groups is 1. The number of hydrogen-bond acceptors (Lipinski definition) is 3. The van der Waals surface area contributed by atoms with Crippen molar-refractivity contribution in [3.8, 4) is 0 Å². The van der Waals surface area contributed by atoms with Crippen LogP contribution in [-0.2, 0) is 4.79 Å². The standard InChI is InChI=1S/C14H28N2O2/c1-3-4-6-9-15-14(18)11-16-10-7-5-8-13(16)12(2)17/h12-13,17H,3-11H2,1-2H3,(H,15,18). The number of rotatable bonds is 7. The largest absolute Gasteiger partial charge is 0.392 e. The average molecular weight is 256 g/mol. The zero-order valence-electron chi connectivity index (χ0n) is 11.8. The molecule has 18 heavy (non-hydrogen) atoms. The lowest BCUT2D eigenvalue weighted by atomic mass is 9.98. The van der Waals surface area contributed by atoms with Crippen molar-refractivity contribution in [3.63, 3.8) is 0 Å². The van der Waals surface area contributed by atoms with Gasteiger partial charge in [0.1, 0.15) is 0 Å². The second-order valence-corrected chi connectivity index (χ2v) is 5.33. The highest BCUT2D eigenvalue weighted by atomic mass is 16.3. The molecular formula is C14H28N2O2. The molecule has 0 bridgehead atoms. The predicted molar refractivity (Wildman–Crippen MR) is 73.4 cm³/mol. The number of piperidine rings is 1. The van der Waals surface area contributed by atoms with Crippen molar-refractivity contribution < 1.29 is 9.90 Å². The predicted octanol–water partition coefficient (Wildman–Crippen LogP) is 1.53. The molecule has 0 radical (unpaired) electrons. The van der Waals surface area contributed by atoms with Crippen molar-refractivity contribution in [1.29, 1.82) is 0 Å². The van der Waals surface area contributed by atoms with Crippen LogP contribution in [0.3, 0.4) is 0 Å². The summed E-state index contributed by atoms with van der Waals surface area (Å²) in [5, 5.41) is 12.7. The second-order valence-electron chi connectivity index (χ2n) is 5.33.